The Morgan fingerprint density at radius 1 is 1.11 bits per heavy atom. The van der Waals surface area contributed by atoms with Crippen LogP contribution in [0.5, 0.6) is 17.2 Å². The highest BCUT2D eigenvalue weighted by Gasteiger charge is 2.08. The van der Waals surface area contributed by atoms with E-state index >= 15 is 0 Å². The van der Waals surface area contributed by atoms with E-state index in [4.69, 9.17) is 14.2 Å². The van der Waals surface area contributed by atoms with Gasteiger partial charge < -0.3 is 19.3 Å². The van der Waals surface area contributed by atoms with Crippen molar-refractivity contribution in [1.82, 2.24) is 0 Å². The van der Waals surface area contributed by atoms with Crippen molar-refractivity contribution in [1.29, 1.82) is 0 Å². The number of rotatable bonds is 6. The number of esters is 2. The molecule has 0 unspecified atom stereocenters. The molecule has 2 aromatic carbocycles. The molecule has 0 aliphatic carbocycles. The first-order valence-electron chi connectivity index (χ1n) is 8.30. The van der Waals surface area contributed by atoms with Crippen molar-refractivity contribution in [2.24, 2.45) is 0 Å². The fourth-order valence-electron chi connectivity index (χ4n) is 2.56. The van der Waals surface area contributed by atoms with E-state index in [1.807, 2.05) is 26.0 Å². The minimum Gasteiger partial charge on any atom is -0.504 e. The van der Waals surface area contributed by atoms with E-state index in [9.17, 15) is 14.7 Å². The predicted molar refractivity (Wildman–Crippen MR) is 101 cm³/mol. The van der Waals surface area contributed by atoms with Crippen molar-refractivity contribution in [2.45, 2.75) is 27.4 Å². The summed E-state index contributed by atoms with van der Waals surface area (Å²) in [4.78, 5) is 23.1. The normalized spacial score (nSPS) is 10.7. The van der Waals surface area contributed by atoms with Crippen LogP contribution < -0.4 is 9.47 Å². The molecule has 0 bridgehead atoms. The Morgan fingerprint density at radius 2 is 1.78 bits per heavy atom. The first-order valence-corrected chi connectivity index (χ1v) is 8.30. The first-order chi connectivity index (χ1) is 12.8. The second-order valence-electron chi connectivity index (χ2n) is 6.02. The number of hydrogen-bond donors (Lipinski definition) is 1. The van der Waals surface area contributed by atoms with Crippen molar-refractivity contribution in [2.75, 3.05) is 7.11 Å². The number of hydrogen-bond acceptors (Lipinski definition) is 6. The zero-order chi connectivity index (χ0) is 20.0. The van der Waals surface area contributed by atoms with E-state index in [0.717, 1.165) is 16.7 Å². The van der Waals surface area contributed by atoms with Gasteiger partial charge in [-0.05, 0) is 66.4 Å². The molecule has 2 aromatic rings. The van der Waals surface area contributed by atoms with Crippen molar-refractivity contribution < 1.29 is 28.9 Å². The third-order valence-electron chi connectivity index (χ3n) is 3.77. The lowest BCUT2D eigenvalue weighted by atomic mass is 10.1. The second kappa shape index (κ2) is 8.89. The topological polar surface area (TPSA) is 82.1 Å². The summed E-state index contributed by atoms with van der Waals surface area (Å²) in [5, 5.41) is 9.56. The minimum absolute atomic E-state index is 0.0235. The van der Waals surface area contributed by atoms with E-state index in [1.165, 1.54) is 26.2 Å². The quantitative estimate of drug-likeness (QED) is 0.474. The largest absolute Gasteiger partial charge is 0.504 e. The number of carbonyl (C=O) groups is 2. The van der Waals surface area contributed by atoms with Gasteiger partial charge in [-0.2, -0.15) is 0 Å². The van der Waals surface area contributed by atoms with Crippen LogP contribution in [0.4, 0.5) is 0 Å². The van der Waals surface area contributed by atoms with Crippen LogP contribution >= 0.6 is 0 Å². The first kappa shape index (κ1) is 20.0. The van der Waals surface area contributed by atoms with Crippen LogP contribution in [0.25, 0.3) is 6.08 Å². The van der Waals surface area contributed by atoms with Gasteiger partial charge in [0.05, 0.1) is 7.11 Å². The molecule has 27 heavy (non-hydrogen) atoms. The lowest BCUT2D eigenvalue weighted by Crippen LogP contribution is -2.04. The third kappa shape index (κ3) is 5.60. The smallest absolute Gasteiger partial charge is 0.331 e. The Bertz CT molecular complexity index is 859. The molecule has 2 rings (SSSR count). The van der Waals surface area contributed by atoms with Crippen LogP contribution in [0.1, 0.15) is 29.2 Å². The highest BCUT2D eigenvalue weighted by atomic mass is 16.5. The number of phenols is 1. The van der Waals surface area contributed by atoms with Gasteiger partial charge in [-0.15, -0.1) is 0 Å². The van der Waals surface area contributed by atoms with Gasteiger partial charge in [-0.1, -0.05) is 6.07 Å². The Kier molecular flexibility index (Phi) is 6.60. The summed E-state index contributed by atoms with van der Waals surface area (Å²) in [6.07, 6.45) is 2.97. The van der Waals surface area contributed by atoms with Crippen molar-refractivity contribution in [3.05, 3.63) is 58.7 Å². The fraction of sp³-hybridized carbons (Fsp3) is 0.238. The fourth-order valence-corrected chi connectivity index (χ4v) is 2.56. The van der Waals surface area contributed by atoms with Gasteiger partial charge in [-0.3, -0.25) is 4.79 Å². The molecule has 0 atom stereocenters. The molecule has 0 saturated heterocycles. The number of aryl methyl sites for hydroxylation is 2. The molecule has 0 aliphatic rings. The minimum atomic E-state index is -0.499. The average molecular weight is 370 g/mol. The summed E-state index contributed by atoms with van der Waals surface area (Å²) in [5.41, 5.74) is 3.09. The summed E-state index contributed by atoms with van der Waals surface area (Å²) in [5.74, 6) is -0.00262. The van der Waals surface area contributed by atoms with Crippen LogP contribution in [0.3, 0.4) is 0 Å². The molecule has 6 heteroatoms. The zero-order valence-corrected chi connectivity index (χ0v) is 15.7. The maximum absolute atomic E-state index is 11.9. The molecule has 0 fully saturated rings. The molecule has 0 aromatic heterocycles. The van der Waals surface area contributed by atoms with Crippen LogP contribution in [0.2, 0.25) is 0 Å². The van der Waals surface area contributed by atoms with Crippen molar-refractivity contribution in [3.8, 4) is 17.2 Å². The number of ether oxygens (including phenoxy) is 3. The van der Waals surface area contributed by atoms with Gasteiger partial charge in [0, 0.05) is 13.0 Å². The lowest BCUT2D eigenvalue weighted by Gasteiger charge is -2.10. The van der Waals surface area contributed by atoms with Gasteiger partial charge in [0.1, 0.15) is 12.4 Å². The molecule has 0 saturated carbocycles. The van der Waals surface area contributed by atoms with Crippen LogP contribution in [-0.4, -0.2) is 24.2 Å². The maximum atomic E-state index is 11.9. The van der Waals surface area contributed by atoms with Gasteiger partial charge in [0.25, 0.3) is 0 Å². The number of phenolic OH excluding ortho intramolecular Hbond substituents is 1. The monoisotopic (exact) mass is 370 g/mol. The van der Waals surface area contributed by atoms with Crippen LogP contribution in [-0.2, 0) is 20.9 Å². The number of methoxy groups -OCH3 is 1. The molecule has 142 valence electrons. The van der Waals surface area contributed by atoms with E-state index < -0.39 is 5.97 Å². The molecule has 1 N–H and O–H groups in total. The molecular formula is C21H22O6. The Hall–Kier alpha value is -3.28. The number of carbonyl (C=O) groups excluding carboxylic acids is 2. The van der Waals surface area contributed by atoms with E-state index in [-0.39, 0.29) is 18.3 Å². The molecule has 0 aliphatic heterocycles. The van der Waals surface area contributed by atoms with Gasteiger partial charge in [0.2, 0.25) is 0 Å². The Balaban J connectivity index is 2.01. The van der Waals surface area contributed by atoms with Crippen molar-refractivity contribution >= 4 is 18.0 Å². The van der Waals surface area contributed by atoms with Crippen LogP contribution in [0.15, 0.2) is 36.4 Å². The van der Waals surface area contributed by atoms with E-state index in [0.29, 0.717) is 17.1 Å². The zero-order valence-electron chi connectivity index (χ0n) is 15.7. The standard InChI is InChI=1S/C21H22O6/c1-13-9-16(10-14(2)21(13)27-15(3)22)6-8-20(24)26-12-17-5-7-18(23)19(11-17)25-4/h5-11,23H,12H2,1-4H3/b8-6+. The highest BCUT2D eigenvalue weighted by molar-refractivity contribution is 5.87. The summed E-state index contributed by atoms with van der Waals surface area (Å²) < 4.78 is 15.4. The molecule has 0 amide bonds. The van der Waals surface area contributed by atoms with E-state index in [2.05, 4.69) is 0 Å². The maximum Gasteiger partial charge on any atom is 0.331 e. The Morgan fingerprint density at radius 3 is 2.37 bits per heavy atom. The predicted octanol–water partition coefficient (Wildman–Crippen LogP) is 3.70. The lowest BCUT2D eigenvalue weighted by molar-refractivity contribution is -0.139. The molecular weight excluding hydrogens is 348 g/mol. The Labute approximate surface area is 158 Å². The van der Waals surface area contributed by atoms with Crippen molar-refractivity contribution in [3.63, 3.8) is 0 Å². The third-order valence-corrected chi connectivity index (χ3v) is 3.77. The summed E-state index contributed by atoms with van der Waals surface area (Å²) >= 11 is 0. The van der Waals surface area contributed by atoms with E-state index in [1.54, 1.807) is 18.2 Å². The van der Waals surface area contributed by atoms with Gasteiger partial charge in [0.15, 0.2) is 11.5 Å². The average Bonchev–Trinajstić information content (AvgIpc) is 2.62. The number of aromatic hydroxyl groups is 1. The van der Waals surface area contributed by atoms with Gasteiger partial charge >= 0.3 is 11.9 Å². The molecule has 0 radical (unpaired) electrons. The summed E-state index contributed by atoms with van der Waals surface area (Å²) in [6, 6.07) is 8.37. The summed E-state index contributed by atoms with van der Waals surface area (Å²) in [7, 11) is 1.45. The van der Waals surface area contributed by atoms with Gasteiger partial charge in [-0.25, -0.2) is 4.79 Å². The van der Waals surface area contributed by atoms with Crippen LogP contribution in [0, 0.1) is 13.8 Å². The molecule has 0 spiro atoms. The second-order valence-corrected chi connectivity index (χ2v) is 6.02. The molecule has 6 nitrogen and oxygen atoms in total. The number of benzene rings is 2. The molecule has 0 heterocycles. The highest BCUT2D eigenvalue weighted by Crippen LogP contribution is 2.27. The summed E-state index contributed by atoms with van der Waals surface area (Å²) in [6.45, 7) is 5.08. The SMILES string of the molecule is COc1cc(COC(=O)/C=C/c2cc(C)c(OC(C)=O)c(C)c2)ccc1O.